The molecule has 0 spiro atoms. The summed E-state index contributed by atoms with van der Waals surface area (Å²) in [5, 5.41) is -0.0927. The van der Waals surface area contributed by atoms with Crippen molar-refractivity contribution in [2.45, 2.75) is 83.1 Å². The zero-order chi connectivity index (χ0) is 20.8. The van der Waals surface area contributed by atoms with Crippen molar-refractivity contribution < 1.29 is 28.2 Å². The third kappa shape index (κ3) is 4.04. The highest BCUT2D eigenvalue weighted by molar-refractivity contribution is 6.74. The summed E-state index contributed by atoms with van der Waals surface area (Å²) in [5.74, 6) is -3.00. The van der Waals surface area contributed by atoms with E-state index in [9.17, 15) is 4.79 Å². The SMILES string of the molecule is CC1(C)O[C@@H]2[C@@H](COCc3ccccc3)OC(=O)[C@]2(O[Si](C)(C)C(C)(C)C)O1. The predicted molar refractivity (Wildman–Crippen MR) is 107 cm³/mol. The first-order valence-corrected chi connectivity index (χ1v) is 12.7. The van der Waals surface area contributed by atoms with E-state index in [0.717, 1.165) is 5.56 Å². The van der Waals surface area contributed by atoms with Crippen LogP contribution in [0, 0.1) is 0 Å². The van der Waals surface area contributed by atoms with Crippen LogP contribution in [0.4, 0.5) is 0 Å². The Hall–Kier alpha value is -1.25. The van der Waals surface area contributed by atoms with Crippen LogP contribution in [0.3, 0.4) is 0 Å². The molecule has 6 nitrogen and oxygen atoms in total. The second kappa shape index (κ2) is 7.22. The second-order valence-electron chi connectivity index (χ2n) is 9.51. The zero-order valence-corrected chi connectivity index (χ0v) is 18.9. The van der Waals surface area contributed by atoms with E-state index in [1.165, 1.54) is 0 Å². The minimum Gasteiger partial charge on any atom is -0.453 e. The van der Waals surface area contributed by atoms with Gasteiger partial charge in [-0.25, -0.2) is 4.79 Å². The molecule has 0 saturated carbocycles. The van der Waals surface area contributed by atoms with Gasteiger partial charge < -0.3 is 23.4 Å². The molecular weight excluding hydrogens is 376 g/mol. The fraction of sp³-hybridized carbons (Fsp3) is 0.667. The molecule has 0 bridgehead atoms. The minimum atomic E-state index is -2.33. The van der Waals surface area contributed by atoms with E-state index in [4.69, 9.17) is 23.4 Å². The quantitative estimate of drug-likeness (QED) is 0.524. The summed E-state index contributed by atoms with van der Waals surface area (Å²) in [6.07, 6.45) is -1.25. The minimum absolute atomic E-state index is 0.0927. The summed E-state index contributed by atoms with van der Waals surface area (Å²) in [6, 6.07) is 9.86. The molecule has 7 heteroatoms. The maximum atomic E-state index is 12.9. The molecule has 3 rings (SSSR count). The molecule has 0 amide bonds. The number of ether oxygens (including phenoxy) is 4. The van der Waals surface area contributed by atoms with Crippen molar-refractivity contribution in [3.63, 3.8) is 0 Å². The number of fused-ring (bicyclic) bond motifs is 1. The molecule has 28 heavy (non-hydrogen) atoms. The molecule has 2 saturated heterocycles. The number of cyclic esters (lactones) is 1. The standard InChI is InChI=1S/C21H32O6Si/c1-19(2,3)28(6,7)27-21-17(25-20(4,5)26-21)16(24-18(21)22)14-23-13-15-11-9-8-10-12-15/h8-12,16-17H,13-14H2,1-7H3/t16-,17-,21+/m1/s1. The average Bonchev–Trinajstić information content (AvgIpc) is 2.96. The lowest BCUT2D eigenvalue weighted by molar-refractivity contribution is -0.233. The van der Waals surface area contributed by atoms with Crippen LogP contribution in [-0.2, 0) is 34.8 Å². The van der Waals surface area contributed by atoms with Gasteiger partial charge in [0.2, 0.25) is 0 Å². The molecule has 156 valence electrons. The molecule has 0 N–H and O–H groups in total. The van der Waals surface area contributed by atoms with Crippen LogP contribution in [0.5, 0.6) is 0 Å². The molecular formula is C21H32O6Si. The molecule has 2 aliphatic rings. The number of hydrogen-bond acceptors (Lipinski definition) is 6. The van der Waals surface area contributed by atoms with Crippen LogP contribution in [-0.4, -0.2) is 44.7 Å². The van der Waals surface area contributed by atoms with Gasteiger partial charge in [0.25, 0.3) is 5.79 Å². The first-order valence-electron chi connectivity index (χ1n) is 9.77. The number of carbonyl (C=O) groups excluding carboxylic acids is 1. The second-order valence-corrected chi connectivity index (χ2v) is 14.2. The number of carbonyl (C=O) groups is 1. The molecule has 3 atom stereocenters. The van der Waals surface area contributed by atoms with Crippen molar-refractivity contribution in [1.29, 1.82) is 0 Å². The van der Waals surface area contributed by atoms with Crippen molar-refractivity contribution in [2.75, 3.05) is 6.61 Å². The molecule has 2 aliphatic heterocycles. The normalized spacial score (nSPS) is 29.6. The first-order chi connectivity index (χ1) is 12.9. The molecule has 1 aromatic rings. The average molecular weight is 409 g/mol. The molecule has 0 aliphatic carbocycles. The Labute approximate surface area is 168 Å². The van der Waals surface area contributed by atoms with E-state index in [1.54, 1.807) is 13.8 Å². The Morgan fingerprint density at radius 3 is 2.39 bits per heavy atom. The van der Waals surface area contributed by atoms with Gasteiger partial charge in [-0.05, 0) is 37.5 Å². The molecule has 0 radical (unpaired) electrons. The Kier molecular flexibility index (Phi) is 5.53. The molecule has 0 aromatic heterocycles. The van der Waals surface area contributed by atoms with E-state index in [2.05, 4.69) is 33.9 Å². The summed E-state index contributed by atoms with van der Waals surface area (Å²) >= 11 is 0. The van der Waals surface area contributed by atoms with Crippen molar-refractivity contribution in [3.8, 4) is 0 Å². The summed E-state index contributed by atoms with van der Waals surface area (Å²) < 4.78 is 30.0. The van der Waals surface area contributed by atoms with E-state index in [-0.39, 0.29) is 11.6 Å². The van der Waals surface area contributed by atoms with E-state index in [1.807, 2.05) is 30.3 Å². The summed E-state index contributed by atoms with van der Waals surface area (Å²) in [7, 11) is -2.33. The zero-order valence-electron chi connectivity index (χ0n) is 17.9. The molecule has 2 fully saturated rings. The monoisotopic (exact) mass is 408 g/mol. The van der Waals surface area contributed by atoms with Crippen LogP contribution in [0.25, 0.3) is 0 Å². The smallest absolute Gasteiger partial charge is 0.369 e. The third-order valence-electron chi connectivity index (χ3n) is 5.67. The Morgan fingerprint density at radius 2 is 1.79 bits per heavy atom. The van der Waals surface area contributed by atoms with Gasteiger partial charge >= 0.3 is 5.97 Å². The number of rotatable bonds is 6. The molecule has 2 heterocycles. The summed E-state index contributed by atoms with van der Waals surface area (Å²) in [4.78, 5) is 12.9. The van der Waals surface area contributed by atoms with Crippen LogP contribution in [0.15, 0.2) is 30.3 Å². The summed E-state index contributed by atoms with van der Waals surface area (Å²) in [5.41, 5.74) is 1.06. The maximum absolute atomic E-state index is 12.9. The predicted octanol–water partition coefficient (Wildman–Crippen LogP) is 4.00. The van der Waals surface area contributed by atoms with E-state index >= 15 is 0 Å². The topological polar surface area (TPSA) is 63.2 Å². The van der Waals surface area contributed by atoms with Gasteiger partial charge in [-0.2, -0.15) is 0 Å². The lowest BCUT2D eigenvalue weighted by Crippen LogP contribution is -2.56. The number of benzene rings is 1. The first kappa shape index (κ1) is 21.5. The number of esters is 1. The van der Waals surface area contributed by atoms with Gasteiger partial charge in [0.15, 0.2) is 26.3 Å². The summed E-state index contributed by atoms with van der Waals surface area (Å²) in [6.45, 7) is 14.7. The van der Waals surface area contributed by atoms with Crippen LogP contribution >= 0.6 is 0 Å². The van der Waals surface area contributed by atoms with Crippen molar-refractivity contribution in [3.05, 3.63) is 35.9 Å². The fourth-order valence-corrected chi connectivity index (χ4v) is 4.54. The lowest BCUT2D eigenvalue weighted by Gasteiger charge is -2.41. The van der Waals surface area contributed by atoms with Crippen molar-refractivity contribution in [1.82, 2.24) is 0 Å². The van der Waals surface area contributed by atoms with Gasteiger partial charge in [-0.3, -0.25) is 0 Å². The lowest BCUT2D eigenvalue weighted by atomic mass is 10.1. The van der Waals surface area contributed by atoms with Crippen molar-refractivity contribution in [2.24, 2.45) is 0 Å². The van der Waals surface area contributed by atoms with Crippen LogP contribution in [0.1, 0.15) is 40.2 Å². The Morgan fingerprint density at radius 1 is 1.14 bits per heavy atom. The molecule has 0 unspecified atom stereocenters. The Balaban J connectivity index is 1.76. The van der Waals surface area contributed by atoms with Gasteiger partial charge in [-0.1, -0.05) is 51.1 Å². The van der Waals surface area contributed by atoms with Gasteiger partial charge in [0, 0.05) is 0 Å². The number of hydrogen-bond donors (Lipinski definition) is 0. The fourth-order valence-electron chi connectivity index (χ4n) is 3.23. The van der Waals surface area contributed by atoms with Crippen LogP contribution in [0.2, 0.25) is 18.1 Å². The Bertz CT molecular complexity index is 711. The van der Waals surface area contributed by atoms with Gasteiger partial charge in [0.05, 0.1) is 13.2 Å². The largest absolute Gasteiger partial charge is 0.453 e. The highest BCUT2D eigenvalue weighted by Gasteiger charge is 2.70. The highest BCUT2D eigenvalue weighted by atomic mass is 28.4. The van der Waals surface area contributed by atoms with E-state index in [0.29, 0.717) is 6.61 Å². The van der Waals surface area contributed by atoms with Crippen LogP contribution < -0.4 is 0 Å². The molecule has 1 aromatic carbocycles. The van der Waals surface area contributed by atoms with E-state index < -0.39 is 38.1 Å². The maximum Gasteiger partial charge on any atom is 0.369 e. The third-order valence-corrected chi connectivity index (χ3v) is 10.1. The van der Waals surface area contributed by atoms with Gasteiger partial charge in [-0.15, -0.1) is 0 Å². The van der Waals surface area contributed by atoms with Gasteiger partial charge in [0.1, 0.15) is 0 Å². The highest BCUT2D eigenvalue weighted by Crippen LogP contribution is 2.49. The van der Waals surface area contributed by atoms with Crippen molar-refractivity contribution >= 4 is 14.3 Å².